The SMILES string of the molecule is O=C(c1ccc(Oc2ccccc2)cc1)N(/N=C/c1ccccc1)c1nc2ccc(Br)cc2s1. The van der Waals surface area contributed by atoms with Gasteiger partial charge in [-0.25, -0.2) is 4.98 Å². The molecule has 0 aliphatic carbocycles. The summed E-state index contributed by atoms with van der Waals surface area (Å²) in [5.41, 5.74) is 2.17. The predicted molar refractivity (Wildman–Crippen MR) is 141 cm³/mol. The lowest BCUT2D eigenvalue weighted by molar-refractivity contribution is 0.0988. The smallest absolute Gasteiger partial charge is 0.280 e. The molecule has 7 heteroatoms. The summed E-state index contributed by atoms with van der Waals surface area (Å²) in [4.78, 5) is 18.2. The van der Waals surface area contributed by atoms with Gasteiger partial charge in [0.15, 0.2) is 0 Å². The molecule has 0 aliphatic heterocycles. The maximum Gasteiger partial charge on any atom is 0.280 e. The third-order valence-electron chi connectivity index (χ3n) is 4.91. The van der Waals surface area contributed by atoms with Gasteiger partial charge in [0.25, 0.3) is 5.91 Å². The number of carbonyl (C=O) groups is 1. The van der Waals surface area contributed by atoms with Gasteiger partial charge in [-0.3, -0.25) is 4.79 Å². The minimum atomic E-state index is -0.281. The molecule has 34 heavy (non-hydrogen) atoms. The third-order valence-corrected chi connectivity index (χ3v) is 6.40. The zero-order chi connectivity index (χ0) is 23.3. The highest BCUT2D eigenvalue weighted by Gasteiger charge is 2.21. The van der Waals surface area contributed by atoms with Crippen LogP contribution in [0, 0.1) is 0 Å². The minimum absolute atomic E-state index is 0.281. The number of hydrogen-bond acceptors (Lipinski definition) is 5. The van der Waals surface area contributed by atoms with Crippen LogP contribution in [-0.4, -0.2) is 17.1 Å². The van der Waals surface area contributed by atoms with E-state index in [0.29, 0.717) is 16.4 Å². The predicted octanol–water partition coefficient (Wildman–Crippen LogP) is 7.53. The Morgan fingerprint density at radius 1 is 0.882 bits per heavy atom. The molecule has 0 bridgehead atoms. The molecule has 0 aliphatic rings. The molecule has 4 aromatic carbocycles. The highest BCUT2D eigenvalue weighted by atomic mass is 79.9. The maximum atomic E-state index is 13.5. The van der Waals surface area contributed by atoms with E-state index in [0.717, 1.165) is 26.0 Å². The van der Waals surface area contributed by atoms with Crippen LogP contribution in [0.1, 0.15) is 15.9 Å². The molecular formula is C27H18BrN3O2S. The second-order valence-corrected chi connectivity index (χ2v) is 9.24. The van der Waals surface area contributed by atoms with Crippen LogP contribution in [0.15, 0.2) is 113 Å². The summed E-state index contributed by atoms with van der Waals surface area (Å²) in [5, 5.41) is 6.35. The van der Waals surface area contributed by atoms with Crippen molar-refractivity contribution in [2.24, 2.45) is 5.10 Å². The topological polar surface area (TPSA) is 54.8 Å². The molecule has 0 spiro atoms. The van der Waals surface area contributed by atoms with Crippen LogP contribution >= 0.6 is 27.3 Å². The van der Waals surface area contributed by atoms with Crippen molar-refractivity contribution in [3.8, 4) is 11.5 Å². The first kappa shape index (κ1) is 22.0. The Labute approximate surface area is 209 Å². The number of aromatic nitrogens is 1. The molecule has 0 unspecified atom stereocenters. The quantitative estimate of drug-likeness (QED) is 0.169. The summed E-state index contributed by atoms with van der Waals surface area (Å²) in [6.45, 7) is 0. The van der Waals surface area contributed by atoms with Crippen LogP contribution in [0.2, 0.25) is 0 Å². The third kappa shape index (κ3) is 5.06. The van der Waals surface area contributed by atoms with Gasteiger partial charge in [-0.2, -0.15) is 10.1 Å². The van der Waals surface area contributed by atoms with Gasteiger partial charge in [0.05, 0.1) is 16.4 Å². The van der Waals surface area contributed by atoms with Gasteiger partial charge < -0.3 is 4.74 Å². The minimum Gasteiger partial charge on any atom is -0.457 e. The average molecular weight is 528 g/mol. The molecule has 5 nitrogen and oxygen atoms in total. The van der Waals surface area contributed by atoms with Crippen LogP contribution < -0.4 is 9.75 Å². The molecule has 0 saturated carbocycles. The summed E-state index contributed by atoms with van der Waals surface area (Å²) >= 11 is 4.90. The van der Waals surface area contributed by atoms with Crippen LogP contribution in [0.3, 0.4) is 0 Å². The fourth-order valence-corrected chi connectivity index (χ4v) is 4.72. The van der Waals surface area contributed by atoms with Gasteiger partial charge in [-0.15, -0.1) is 0 Å². The number of fused-ring (bicyclic) bond motifs is 1. The number of hydrazone groups is 1. The lowest BCUT2D eigenvalue weighted by Gasteiger charge is -2.14. The monoisotopic (exact) mass is 527 g/mol. The van der Waals surface area contributed by atoms with E-state index in [2.05, 4.69) is 26.0 Å². The second-order valence-electron chi connectivity index (χ2n) is 7.32. The fourth-order valence-electron chi connectivity index (χ4n) is 3.24. The van der Waals surface area contributed by atoms with Crippen molar-refractivity contribution in [1.29, 1.82) is 0 Å². The zero-order valence-electron chi connectivity index (χ0n) is 17.8. The molecule has 5 aromatic rings. The Morgan fingerprint density at radius 3 is 2.29 bits per heavy atom. The summed E-state index contributed by atoms with van der Waals surface area (Å²) in [7, 11) is 0. The van der Waals surface area contributed by atoms with Crippen LogP contribution in [-0.2, 0) is 0 Å². The molecule has 0 N–H and O–H groups in total. The van der Waals surface area contributed by atoms with E-state index in [-0.39, 0.29) is 5.91 Å². The molecule has 0 saturated heterocycles. The van der Waals surface area contributed by atoms with Gasteiger partial charge >= 0.3 is 0 Å². The Balaban J connectivity index is 1.46. The Bertz CT molecular complexity index is 1450. The number of thiazole rings is 1. The first-order valence-electron chi connectivity index (χ1n) is 10.5. The molecule has 1 amide bonds. The number of amides is 1. The molecule has 5 rings (SSSR count). The van der Waals surface area contributed by atoms with E-state index in [4.69, 9.17) is 4.74 Å². The van der Waals surface area contributed by atoms with E-state index in [1.165, 1.54) is 16.3 Å². The van der Waals surface area contributed by atoms with Crippen LogP contribution in [0.25, 0.3) is 10.2 Å². The zero-order valence-corrected chi connectivity index (χ0v) is 20.2. The molecule has 166 valence electrons. The van der Waals surface area contributed by atoms with E-state index in [9.17, 15) is 4.79 Å². The summed E-state index contributed by atoms with van der Waals surface area (Å²) in [5.74, 6) is 1.10. The van der Waals surface area contributed by atoms with Gasteiger partial charge in [0.2, 0.25) is 5.13 Å². The van der Waals surface area contributed by atoms with E-state index in [1.54, 1.807) is 30.5 Å². The van der Waals surface area contributed by atoms with E-state index in [1.807, 2.05) is 78.9 Å². The normalized spacial score (nSPS) is 11.1. The highest BCUT2D eigenvalue weighted by molar-refractivity contribution is 9.10. The van der Waals surface area contributed by atoms with Gasteiger partial charge in [-0.05, 0) is 60.2 Å². The van der Waals surface area contributed by atoms with Crippen molar-refractivity contribution >= 4 is 54.7 Å². The van der Waals surface area contributed by atoms with E-state index < -0.39 is 0 Å². The number of para-hydroxylation sites is 1. The number of carbonyl (C=O) groups excluding carboxylic acids is 1. The van der Waals surface area contributed by atoms with Crippen molar-refractivity contribution in [3.05, 3.63) is 119 Å². The van der Waals surface area contributed by atoms with Crippen molar-refractivity contribution < 1.29 is 9.53 Å². The average Bonchev–Trinajstić information content (AvgIpc) is 3.28. The van der Waals surface area contributed by atoms with Crippen LogP contribution in [0.5, 0.6) is 11.5 Å². The fraction of sp³-hybridized carbons (Fsp3) is 0. The largest absolute Gasteiger partial charge is 0.457 e. The van der Waals surface area contributed by atoms with Crippen LogP contribution in [0.4, 0.5) is 5.13 Å². The lowest BCUT2D eigenvalue weighted by atomic mass is 10.2. The van der Waals surface area contributed by atoms with Crippen molar-refractivity contribution in [2.45, 2.75) is 0 Å². The standard InChI is InChI=1S/C27H18BrN3O2S/c28-21-13-16-24-25(17-21)34-27(30-24)31(29-18-19-7-3-1-4-8-19)26(32)20-11-14-23(15-12-20)33-22-9-5-2-6-10-22/h1-18H/b29-18+. The molecule has 0 radical (unpaired) electrons. The number of hydrogen-bond donors (Lipinski definition) is 0. The number of rotatable bonds is 6. The molecule has 0 fully saturated rings. The molecule has 1 aromatic heterocycles. The maximum absolute atomic E-state index is 13.5. The number of benzene rings is 4. The number of nitrogens with zero attached hydrogens (tertiary/aromatic N) is 3. The number of anilines is 1. The second kappa shape index (κ2) is 9.99. The summed E-state index contributed by atoms with van der Waals surface area (Å²) < 4.78 is 7.76. The first-order valence-corrected chi connectivity index (χ1v) is 12.1. The molecule has 0 atom stereocenters. The molecule has 1 heterocycles. The van der Waals surface area contributed by atoms with Crippen molar-refractivity contribution in [3.63, 3.8) is 0 Å². The Morgan fingerprint density at radius 2 is 1.56 bits per heavy atom. The Hall–Kier alpha value is -3.81. The highest BCUT2D eigenvalue weighted by Crippen LogP contribution is 2.32. The van der Waals surface area contributed by atoms with Gasteiger partial charge in [0.1, 0.15) is 11.5 Å². The van der Waals surface area contributed by atoms with E-state index >= 15 is 0 Å². The number of ether oxygens (including phenoxy) is 1. The van der Waals surface area contributed by atoms with Crippen molar-refractivity contribution in [2.75, 3.05) is 5.01 Å². The summed E-state index contributed by atoms with van der Waals surface area (Å²) in [6.07, 6.45) is 1.66. The van der Waals surface area contributed by atoms with Gasteiger partial charge in [0, 0.05) is 10.0 Å². The first-order chi connectivity index (χ1) is 16.7. The van der Waals surface area contributed by atoms with Gasteiger partial charge in [-0.1, -0.05) is 75.8 Å². The lowest BCUT2D eigenvalue weighted by Crippen LogP contribution is -2.25. The van der Waals surface area contributed by atoms with Crippen molar-refractivity contribution in [1.82, 2.24) is 4.98 Å². The molecular weight excluding hydrogens is 510 g/mol. The Kier molecular flexibility index (Phi) is 6.46. The summed E-state index contributed by atoms with van der Waals surface area (Å²) in [6, 6.07) is 32.0. The number of halogens is 1.